The van der Waals surface area contributed by atoms with E-state index in [1.54, 1.807) is 0 Å². The van der Waals surface area contributed by atoms with Gasteiger partial charge < -0.3 is 15.3 Å². The third-order valence-electron chi connectivity index (χ3n) is 4.16. The number of benzene rings is 2. The van der Waals surface area contributed by atoms with E-state index in [9.17, 15) is 28.5 Å². The number of carboxylic acid groups (broad SMARTS) is 1. The fourth-order valence-electron chi connectivity index (χ4n) is 2.71. The Morgan fingerprint density at radius 1 is 1.15 bits per heavy atom. The molecule has 2 aromatic carbocycles. The highest BCUT2D eigenvalue weighted by Gasteiger charge is 2.29. The summed E-state index contributed by atoms with van der Waals surface area (Å²) in [6.07, 6.45) is 1.77. The van der Waals surface area contributed by atoms with Crippen molar-refractivity contribution in [1.82, 2.24) is 0 Å². The Labute approximate surface area is 163 Å². The number of carbonyl (C=O) groups is 1. The number of halogens is 2. The third kappa shape index (κ3) is 3.67. The van der Waals surface area contributed by atoms with Gasteiger partial charge in [-0.25, -0.2) is 13.2 Å². The van der Waals surface area contributed by atoms with Crippen LogP contribution in [-0.4, -0.2) is 29.7 Å². The van der Waals surface area contributed by atoms with Gasteiger partial charge in [0.25, 0.3) is 0 Å². The van der Waals surface area contributed by atoms with Crippen LogP contribution in [0.5, 0.6) is 11.5 Å². The summed E-state index contributed by atoms with van der Waals surface area (Å²) in [7, 11) is -4.09. The average molecular weight is 462 g/mol. The summed E-state index contributed by atoms with van der Waals surface area (Å²) in [5.41, 5.74) is 0.320. The molecule has 0 amide bonds. The van der Waals surface area contributed by atoms with Crippen LogP contribution in [0.25, 0.3) is 0 Å². The van der Waals surface area contributed by atoms with E-state index in [1.165, 1.54) is 24.3 Å². The quantitative estimate of drug-likeness (QED) is 0.619. The summed E-state index contributed by atoms with van der Waals surface area (Å²) in [5.74, 6) is -3.02. The van der Waals surface area contributed by atoms with Crippen LogP contribution in [0.15, 0.2) is 33.6 Å². The Morgan fingerprint density at radius 3 is 2.38 bits per heavy atom. The molecule has 0 radical (unpaired) electrons. The maximum Gasteiger partial charge on any atom is 0.339 e. The SMILES string of the molecule is O=C(O)c1cc(C2CC2)cc(CS(=O)(=O)c2cc(Br)cc(Cl)c2O)c1O. The minimum absolute atomic E-state index is 0.0257. The molecular formula is C17H14BrClO6S. The van der Waals surface area contributed by atoms with Crippen molar-refractivity contribution in [3.63, 3.8) is 0 Å². The van der Waals surface area contributed by atoms with Crippen LogP contribution in [0.1, 0.15) is 40.2 Å². The van der Waals surface area contributed by atoms with Crippen LogP contribution in [-0.2, 0) is 15.6 Å². The normalized spacial score (nSPS) is 14.4. The van der Waals surface area contributed by atoms with Crippen LogP contribution in [0, 0.1) is 0 Å². The molecule has 1 fully saturated rings. The van der Waals surface area contributed by atoms with Crippen molar-refractivity contribution in [2.24, 2.45) is 0 Å². The molecule has 3 rings (SSSR count). The lowest BCUT2D eigenvalue weighted by molar-refractivity contribution is 0.0693. The molecule has 1 aliphatic rings. The van der Waals surface area contributed by atoms with Crippen LogP contribution in [0.2, 0.25) is 5.02 Å². The number of phenolic OH excluding ortho intramolecular Hbond substituents is 1. The number of carboxylic acids is 1. The van der Waals surface area contributed by atoms with Gasteiger partial charge in [0, 0.05) is 10.0 Å². The van der Waals surface area contributed by atoms with Crippen LogP contribution in [0.4, 0.5) is 0 Å². The number of hydrogen-bond acceptors (Lipinski definition) is 5. The summed E-state index contributed by atoms with van der Waals surface area (Å²) >= 11 is 8.95. The largest absolute Gasteiger partial charge is 0.507 e. The molecule has 6 nitrogen and oxygen atoms in total. The maximum atomic E-state index is 12.8. The highest BCUT2D eigenvalue weighted by Crippen LogP contribution is 2.43. The molecule has 3 N–H and O–H groups in total. The molecule has 0 heterocycles. The smallest absolute Gasteiger partial charge is 0.339 e. The topological polar surface area (TPSA) is 112 Å². The van der Waals surface area contributed by atoms with Gasteiger partial charge in [0.2, 0.25) is 0 Å². The summed E-state index contributed by atoms with van der Waals surface area (Å²) < 4.78 is 25.9. The highest BCUT2D eigenvalue weighted by atomic mass is 79.9. The zero-order valence-electron chi connectivity index (χ0n) is 13.2. The van der Waals surface area contributed by atoms with Crippen molar-refractivity contribution in [2.75, 3.05) is 0 Å². The Balaban J connectivity index is 2.09. The minimum atomic E-state index is -4.09. The van der Waals surface area contributed by atoms with Gasteiger partial charge in [-0.1, -0.05) is 33.6 Å². The molecule has 9 heteroatoms. The van der Waals surface area contributed by atoms with Gasteiger partial charge in [0.15, 0.2) is 15.6 Å². The number of rotatable bonds is 5. The first-order chi connectivity index (χ1) is 12.1. The Kier molecular flexibility index (Phi) is 4.94. The number of aromatic carboxylic acids is 1. The average Bonchev–Trinajstić information content (AvgIpc) is 3.37. The number of phenols is 2. The Morgan fingerprint density at radius 2 is 1.81 bits per heavy atom. The molecule has 26 heavy (non-hydrogen) atoms. The first-order valence-corrected chi connectivity index (χ1v) is 10.4. The van der Waals surface area contributed by atoms with Gasteiger partial charge >= 0.3 is 5.97 Å². The van der Waals surface area contributed by atoms with Gasteiger partial charge in [0.05, 0.1) is 10.8 Å². The summed E-state index contributed by atoms with van der Waals surface area (Å²) in [6, 6.07) is 5.44. The molecule has 0 saturated heterocycles. The van der Waals surface area contributed by atoms with E-state index >= 15 is 0 Å². The fourth-order valence-corrected chi connectivity index (χ4v) is 5.22. The Hall–Kier alpha value is -1.77. The third-order valence-corrected chi connectivity index (χ3v) is 6.58. The van der Waals surface area contributed by atoms with E-state index in [1.807, 2.05) is 0 Å². The van der Waals surface area contributed by atoms with Crippen molar-refractivity contribution >= 4 is 43.3 Å². The minimum Gasteiger partial charge on any atom is -0.507 e. The van der Waals surface area contributed by atoms with E-state index in [0.29, 0.717) is 10.0 Å². The van der Waals surface area contributed by atoms with E-state index in [4.69, 9.17) is 11.6 Å². The monoisotopic (exact) mass is 460 g/mol. The van der Waals surface area contributed by atoms with Crippen LogP contribution in [0.3, 0.4) is 0 Å². The Bertz CT molecular complexity index is 1010. The second kappa shape index (κ2) is 6.75. The molecule has 1 aliphatic carbocycles. The van der Waals surface area contributed by atoms with Crippen molar-refractivity contribution in [3.8, 4) is 11.5 Å². The summed E-state index contributed by atoms with van der Waals surface area (Å²) in [5, 5.41) is 29.4. The molecular weight excluding hydrogens is 448 g/mol. The van der Waals surface area contributed by atoms with Crippen molar-refractivity contribution in [2.45, 2.75) is 29.4 Å². The predicted octanol–water partition coefficient (Wildman–Crippen LogP) is 4.06. The molecule has 0 spiro atoms. The van der Waals surface area contributed by atoms with E-state index in [2.05, 4.69) is 15.9 Å². The van der Waals surface area contributed by atoms with Gasteiger partial charge in [-0.15, -0.1) is 0 Å². The first kappa shape index (κ1) is 19.0. The maximum absolute atomic E-state index is 12.8. The van der Waals surface area contributed by atoms with E-state index in [0.717, 1.165) is 12.8 Å². The first-order valence-electron chi connectivity index (χ1n) is 7.60. The summed E-state index contributed by atoms with van der Waals surface area (Å²) in [4.78, 5) is 11.0. The van der Waals surface area contributed by atoms with Crippen molar-refractivity contribution in [3.05, 3.63) is 50.5 Å². The van der Waals surface area contributed by atoms with Crippen LogP contribution < -0.4 is 0 Å². The van der Waals surface area contributed by atoms with Gasteiger partial charge in [-0.2, -0.15) is 0 Å². The highest BCUT2D eigenvalue weighted by molar-refractivity contribution is 9.10. The molecule has 1 saturated carbocycles. The number of aromatic hydroxyl groups is 2. The molecule has 0 bridgehead atoms. The van der Waals surface area contributed by atoms with Crippen molar-refractivity contribution < 1.29 is 28.5 Å². The second-order valence-electron chi connectivity index (χ2n) is 6.15. The lowest BCUT2D eigenvalue weighted by Crippen LogP contribution is -2.08. The molecule has 0 aromatic heterocycles. The zero-order valence-corrected chi connectivity index (χ0v) is 16.4. The molecule has 0 unspecified atom stereocenters. The van der Waals surface area contributed by atoms with Crippen molar-refractivity contribution in [1.29, 1.82) is 0 Å². The fraction of sp³-hybridized carbons (Fsp3) is 0.235. The standard InChI is InChI=1S/C17H14BrClO6S/c18-11-5-13(19)16(21)14(6-11)26(24,25)7-10-3-9(8-1-2-8)4-12(15(10)20)17(22)23/h3-6,8,20-21H,1-2,7H2,(H,22,23). The van der Waals surface area contributed by atoms with Gasteiger partial charge in [-0.3, -0.25) is 0 Å². The predicted molar refractivity (Wildman–Crippen MR) is 98.7 cm³/mol. The summed E-state index contributed by atoms with van der Waals surface area (Å²) in [6.45, 7) is 0. The molecule has 2 aromatic rings. The molecule has 0 aliphatic heterocycles. The number of sulfone groups is 1. The molecule has 0 atom stereocenters. The number of hydrogen-bond donors (Lipinski definition) is 3. The zero-order chi connectivity index (χ0) is 19.2. The second-order valence-corrected chi connectivity index (χ2v) is 9.43. The molecule has 138 valence electrons. The van der Waals surface area contributed by atoms with E-state index < -0.39 is 38.0 Å². The van der Waals surface area contributed by atoms with Crippen LogP contribution >= 0.6 is 27.5 Å². The lowest BCUT2D eigenvalue weighted by atomic mass is 10.0. The van der Waals surface area contributed by atoms with E-state index in [-0.39, 0.29) is 22.1 Å². The lowest BCUT2D eigenvalue weighted by Gasteiger charge is -2.13. The van der Waals surface area contributed by atoms with Gasteiger partial charge in [0.1, 0.15) is 16.2 Å². The van der Waals surface area contributed by atoms with Gasteiger partial charge in [-0.05, 0) is 42.5 Å².